The molecule has 2 heterocycles. The molecule has 3 N–H and O–H groups in total. The number of piperidine rings is 1. The van der Waals surface area contributed by atoms with Gasteiger partial charge in [0.05, 0.1) is 11.4 Å². The van der Waals surface area contributed by atoms with E-state index in [4.69, 9.17) is 0 Å². The van der Waals surface area contributed by atoms with Gasteiger partial charge < -0.3 is 20.9 Å². The van der Waals surface area contributed by atoms with Gasteiger partial charge in [0.15, 0.2) is 0 Å². The molecule has 0 radical (unpaired) electrons. The molecule has 1 atom stereocenters. The van der Waals surface area contributed by atoms with Gasteiger partial charge in [-0.2, -0.15) is 0 Å². The molecule has 2 aliphatic rings. The number of hydrogen-bond donors (Lipinski definition) is 3. The van der Waals surface area contributed by atoms with Gasteiger partial charge in [-0.05, 0) is 58.0 Å². The van der Waals surface area contributed by atoms with Crippen LogP contribution in [0, 0.1) is 0 Å². The first-order valence-corrected chi connectivity index (χ1v) is 9.26. The molecule has 1 aromatic carbocycles. The Kier molecular flexibility index (Phi) is 5.91. The normalized spacial score (nSPS) is 22.8. The fourth-order valence-electron chi connectivity index (χ4n) is 3.48. The topological polar surface area (TPSA) is 73.5 Å². The lowest BCUT2D eigenvalue weighted by Gasteiger charge is -2.30. The second-order valence-electron chi connectivity index (χ2n) is 7.12. The summed E-state index contributed by atoms with van der Waals surface area (Å²) < 4.78 is 0. The van der Waals surface area contributed by atoms with Gasteiger partial charge in [0.2, 0.25) is 11.8 Å². The molecule has 2 aliphatic heterocycles. The van der Waals surface area contributed by atoms with Crippen LogP contribution in [0.1, 0.15) is 38.5 Å². The van der Waals surface area contributed by atoms with Crippen molar-refractivity contribution in [1.82, 2.24) is 10.2 Å². The zero-order valence-corrected chi connectivity index (χ0v) is 14.9. The SMILES string of the molecule is CN1CCC(Nc2ccccc2NC(=O)C2CCCCC(=O)N2)CC1. The highest BCUT2D eigenvalue weighted by molar-refractivity contribution is 5.99. The van der Waals surface area contributed by atoms with Gasteiger partial charge in [0.1, 0.15) is 6.04 Å². The highest BCUT2D eigenvalue weighted by Crippen LogP contribution is 2.25. The molecule has 3 rings (SSSR count). The van der Waals surface area contributed by atoms with Crippen molar-refractivity contribution in [2.24, 2.45) is 0 Å². The Bertz CT molecular complexity index is 611. The number of benzene rings is 1. The van der Waals surface area contributed by atoms with Crippen molar-refractivity contribution in [1.29, 1.82) is 0 Å². The standard InChI is InChI=1S/C19H28N4O2/c1-23-12-10-14(11-13-23)20-15-6-2-3-7-16(15)22-19(25)17-8-4-5-9-18(24)21-17/h2-3,6-7,14,17,20H,4-5,8-13H2,1H3,(H,21,24)(H,22,25). The Morgan fingerprint density at radius 3 is 2.60 bits per heavy atom. The average Bonchev–Trinajstić information content (AvgIpc) is 2.83. The van der Waals surface area contributed by atoms with Crippen molar-refractivity contribution in [2.75, 3.05) is 30.8 Å². The third kappa shape index (κ3) is 4.95. The minimum Gasteiger partial charge on any atom is -0.381 e. The van der Waals surface area contributed by atoms with E-state index in [1.54, 1.807) is 0 Å². The van der Waals surface area contributed by atoms with Crippen LogP contribution >= 0.6 is 0 Å². The Morgan fingerprint density at radius 1 is 1.12 bits per heavy atom. The summed E-state index contributed by atoms with van der Waals surface area (Å²) in [5, 5.41) is 9.40. The van der Waals surface area contributed by atoms with E-state index >= 15 is 0 Å². The van der Waals surface area contributed by atoms with Crippen LogP contribution in [-0.4, -0.2) is 48.9 Å². The number of rotatable bonds is 4. The molecule has 1 unspecified atom stereocenters. The van der Waals surface area contributed by atoms with E-state index in [-0.39, 0.29) is 11.8 Å². The second-order valence-corrected chi connectivity index (χ2v) is 7.12. The van der Waals surface area contributed by atoms with Gasteiger partial charge in [-0.1, -0.05) is 18.6 Å². The first kappa shape index (κ1) is 17.7. The third-order valence-corrected chi connectivity index (χ3v) is 5.06. The zero-order chi connectivity index (χ0) is 17.6. The minimum atomic E-state index is -0.439. The molecule has 0 aromatic heterocycles. The van der Waals surface area contributed by atoms with Crippen molar-refractivity contribution >= 4 is 23.2 Å². The van der Waals surface area contributed by atoms with Gasteiger partial charge in [0.25, 0.3) is 0 Å². The molecule has 25 heavy (non-hydrogen) atoms. The number of para-hydroxylation sites is 2. The van der Waals surface area contributed by atoms with Crippen LogP contribution in [0.3, 0.4) is 0 Å². The van der Waals surface area contributed by atoms with Gasteiger partial charge in [-0.3, -0.25) is 9.59 Å². The molecular formula is C19H28N4O2. The number of nitrogens with one attached hydrogen (secondary N) is 3. The number of anilines is 2. The van der Waals surface area contributed by atoms with Crippen LogP contribution in [0.5, 0.6) is 0 Å². The van der Waals surface area contributed by atoms with Crippen LogP contribution in [0.4, 0.5) is 11.4 Å². The zero-order valence-electron chi connectivity index (χ0n) is 14.9. The Labute approximate surface area is 149 Å². The monoisotopic (exact) mass is 344 g/mol. The maximum absolute atomic E-state index is 12.6. The fourth-order valence-corrected chi connectivity index (χ4v) is 3.48. The van der Waals surface area contributed by atoms with E-state index in [1.165, 1.54) is 0 Å². The largest absolute Gasteiger partial charge is 0.381 e. The quantitative estimate of drug-likeness (QED) is 0.783. The molecule has 0 aliphatic carbocycles. The van der Waals surface area contributed by atoms with Crippen molar-refractivity contribution in [2.45, 2.75) is 50.6 Å². The summed E-state index contributed by atoms with van der Waals surface area (Å²) in [5.41, 5.74) is 1.73. The number of nitrogens with zero attached hydrogens (tertiary/aromatic N) is 1. The molecule has 6 heteroatoms. The summed E-state index contributed by atoms with van der Waals surface area (Å²) >= 11 is 0. The average molecular weight is 344 g/mol. The van der Waals surface area contributed by atoms with Crippen LogP contribution in [0.2, 0.25) is 0 Å². The van der Waals surface area contributed by atoms with E-state index in [0.717, 1.165) is 50.1 Å². The van der Waals surface area contributed by atoms with E-state index in [2.05, 4.69) is 27.9 Å². The molecule has 0 bridgehead atoms. The summed E-state index contributed by atoms with van der Waals surface area (Å²) in [4.78, 5) is 26.6. The first-order chi connectivity index (χ1) is 12.1. The van der Waals surface area contributed by atoms with Gasteiger partial charge in [-0.15, -0.1) is 0 Å². The van der Waals surface area contributed by atoms with Crippen LogP contribution in [-0.2, 0) is 9.59 Å². The molecule has 2 amide bonds. The van der Waals surface area contributed by atoms with Gasteiger partial charge >= 0.3 is 0 Å². The van der Waals surface area contributed by atoms with Crippen molar-refractivity contribution < 1.29 is 9.59 Å². The van der Waals surface area contributed by atoms with E-state index in [9.17, 15) is 9.59 Å². The highest BCUT2D eigenvalue weighted by atomic mass is 16.2. The molecule has 2 fully saturated rings. The lowest BCUT2D eigenvalue weighted by molar-refractivity contribution is -0.125. The van der Waals surface area contributed by atoms with Gasteiger partial charge in [-0.25, -0.2) is 0 Å². The number of carbonyl (C=O) groups is 2. The Hall–Kier alpha value is -2.08. The van der Waals surface area contributed by atoms with Crippen LogP contribution in [0.15, 0.2) is 24.3 Å². The lowest BCUT2D eigenvalue weighted by atomic mass is 10.0. The lowest BCUT2D eigenvalue weighted by Crippen LogP contribution is -2.42. The molecule has 2 saturated heterocycles. The number of hydrogen-bond acceptors (Lipinski definition) is 4. The Morgan fingerprint density at radius 2 is 1.84 bits per heavy atom. The molecule has 1 aromatic rings. The van der Waals surface area contributed by atoms with Crippen LogP contribution in [0.25, 0.3) is 0 Å². The number of likely N-dealkylation sites (tertiary alicyclic amines) is 1. The first-order valence-electron chi connectivity index (χ1n) is 9.26. The van der Waals surface area contributed by atoms with E-state index < -0.39 is 6.04 Å². The molecule has 6 nitrogen and oxygen atoms in total. The maximum atomic E-state index is 12.6. The van der Waals surface area contributed by atoms with Crippen molar-refractivity contribution in [3.63, 3.8) is 0 Å². The molecule has 136 valence electrons. The molecular weight excluding hydrogens is 316 g/mol. The number of amides is 2. The number of carbonyl (C=O) groups excluding carboxylic acids is 2. The van der Waals surface area contributed by atoms with E-state index in [0.29, 0.717) is 18.9 Å². The second kappa shape index (κ2) is 8.34. The highest BCUT2D eigenvalue weighted by Gasteiger charge is 2.24. The predicted molar refractivity (Wildman–Crippen MR) is 99.6 cm³/mol. The van der Waals surface area contributed by atoms with E-state index in [1.807, 2.05) is 24.3 Å². The van der Waals surface area contributed by atoms with Crippen molar-refractivity contribution in [3.8, 4) is 0 Å². The molecule has 0 saturated carbocycles. The minimum absolute atomic E-state index is 0.0321. The summed E-state index contributed by atoms with van der Waals surface area (Å²) in [6.45, 7) is 2.17. The summed E-state index contributed by atoms with van der Waals surface area (Å²) in [6, 6.07) is 7.78. The fraction of sp³-hybridized carbons (Fsp3) is 0.579. The van der Waals surface area contributed by atoms with Crippen LogP contribution < -0.4 is 16.0 Å². The maximum Gasteiger partial charge on any atom is 0.247 e. The van der Waals surface area contributed by atoms with Gasteiger partial charge in [0, 0.05) is 12.5 Å². The summed E-state index contributed by atoms with van der Waals surface area (Å²) in [6.07, 6.45) is 5.14. The smallest absolute Gasteiger partial charge is 0.247 e. The summed E-state index contributed by atoms with van der Waals surface area (Å²) in [5.74, 6) is -0.164. The third-order valence-electron chi connectivity index (χ3n) is 5.06. The summed E-state index contributed by atoms with van der Waals surface area (Å²) in [7, 11) is 2.14. The predicted octanol–water partition coefficient (Wildman–Crippen LogP) is 2.19. The van der Waals surface area contributed by atoms with Crippen molar-refractivity contribution in [3.05, 3.63) is 24.3 Å². The molecule has 0 spiro atoms. The Balaban J connectivity index is 1.64.